The highest BCUT2D eigenvalue weighted by molar-refractivity contribution is 6.17. The van der Waals surface area contributed by atoms with Crippen LogP contribution in [0.1, 0.15) is 23.9 Å². The van der Waals surface area contributed by atoms with E-state index in [1.165, 1.54) is 12.1 Å². The Morgan fingerprint density at radius 1 is 1.37 bits per heavy atom. The number of rotatable bonds is 5. The highest BCUT2D eigenvalue weighted by atomic mass is 35.5. The third kappa shape index (κ3) is 3.26. The molecule has 0 saturated heterocycles. The van der Waals surface area contributed by atoms with Gasteiger partial charge >= 0.3 is 0 Å². The van der Waals surface area contributed by atoms with Gasteiger partial charge in [-0.1, -0.05) is 0 Å². The summed E-state index contributed by atoms with van der Waals surface area (Å²) >= 11 is 5.78. The van der Waals surface area contributed by atoms with Gasteiger partial charge in [-0.05, 0) is 38.1 Å². The van der Waals surface area contributed by atoms with Crippen molar-refractivity contribution in [3.05, 3.63) is 47.0 Å². The molecular weight excluding hydrogens is 267 g/mol. The van der Waals surface area contributed by atoms with Gasteiger partial charge in [0.1, 0.15) is 18.2 Å². The van der Waals surface area contributed by atoms with Crippen LogP contribution in [0.25, 0.3) is 0 Å². The molecule has 0 amide bonds. The van der Waals surface area contributed by atoms with Crippen LogP contribution in [0.15, 0.2) is 24.3 Å². The van der Waals surface area contributed by atoms with Crippen LogP contribution in [0.5, 0.6) is 5.75 Å². The third-order valence-electron chi connectivity index (χ3n) is 2.83. The van der Waals surface area contributed by atoms with Crippen molar-refractivity contribution < 1.29 is 9.13 Å². The van der Waals surface area contributed by atoms with E-state index in [2.05, 4.69) is 5.10 Å². The number of nitrogens with zero attached hydrogens (tertiary/aromatic N) is 2. The summed E-state index contributed by atoms with van der Waals surface area (Å²) in [6.07, 6.45) is 0. The summed E-state index contributed by atoms with van der Waals surface area (Å²) in [6.45, 7) is 5.15. The lowest BCUT2D eigenvalue weighted by molar-refractivity contribution is 0.290. The molecule has 0 saturated carbocycles. The Balaban J connectivity index is 2.14. The number of hydrogen-bond acceptors (Lipinski definition) is 2. The van der Waals surface area contributed by atoms with Gasteiger partial charge < -0.3 is 4.74 Å². The van der Waals surface area contributed by atoms with Gasteiger partial charge in [0.2, 0.25) is 0 Å². The molecule has 0 fully saturated rings. The quantitative estimate of drug-likeness (QED) is 0.783. The largest absolute Gasteiger partial charge is 0.487 e. The first-order valence-electron chi connectivity index (χ1n) is 6.14. The van der Waals surface area contributed by atoms with E-state index in [0.717, 1.165) is 17.9 Å². The second kappa shape index (κ2) is 6.06. The van der Waals surface area contributed by atoms with Gasteiger partial charge in [-0.3, -0.25) is 4.68 Å². The van der Waals surface area contributed by atoms with Crippen LogP contribution < -0.4 is 4.74 Å². The molecule has 0 unspecified atom stereocenters. The highest BCUT2D eigenvalue weighted by Gasteiger charge is 2.08. The summed E-state index contributed by atoms with van der Waals surface area (Å²) in [5.74, 6) is 0.523. The molecule has 0 aliphatic heterocycles. The predicted octanol–water partition coefficient (Wildman–Crippen LogP) is 3.67. The molecule has 19 heavy (non-hydrogen) atoms. The van der Waals surface area contributed by atoms with E-state index in [-0.39, 0.29) is 11.7 Å². The summed E-state index contributed by atoms with van der Waals surface area (Å²) in [5.41, 5.74) is 2.60. The van der Waals surface area contributed by atoms with E-state index in [1.54, 1.807) is 6.07 Å². The lowest BCUT2D eigenvalue weighted by atomic mass is 10.2. The SMILES string of the molecule is CCn1nc(C)cc1COc1ccc(F)cc1CCl. The second-order valence-electron chi connectivity index (χ2n) is 4.27. The molecule has 0 aliphatic rings. The number of hydrogen-bond donors (Lipinski definition) is 0. The van der Waals surface area contributed by atoms with Crippen molar-refractivity contribution >= 4 is 11.6 Å². The fraction of sp³-hybridized carbons (Fsp3) is 0.357. The van der Waals surface area contributed by atoms with Crippen LogP contribution in [0.3, 0.4) is 0 Å². The first kappa shape index (κ1) is 13.9. The fourth-order valence-electron chi connectivity index (χ4n) is 1.93. The lowest BCUT2D eigenvalue weighted by Gasteiger charge is -2.10. The van der Waals surface area contributed by atoms with E-state index in [4.69, 9.17) is 16.3 Å². The van der Waals surface area contributed by atoms with Gasteiger partial charge in [0.05, 0.1) is 17.3 Å². The average Bonchev–Trinajstić information content (AvgIpc) is 2.77. The molecule has 0 radical (unpaired) electrons. The Kier molecular flexibility index (Phi) is 4.43. The van der Waals surface area contributed by atoms with E-state index in [1.807, 2.05) is 24.6 Å². The zero-order valence-corrected chi connectivity index (χ0v) is 11.7. The second-order valence-corrected chi connectivity index (χ2v) is 4.53. The third-order valence-corrected chi connectivity index (χ3v) is 3.12. The van der Waals surface area contributed by atoms with Crippen LogP contribution in [-0.2, 0) is 19.0 Å². The highest BCUT2D eigenvalue weighted by Crippen LogP contribution is 2.22. The number of benzene rings is 1. The Labute approximate surface area is 117 Å². The first-order chi connectivity index (χ1) is 9.13. The zero-order valence-electron chi connectivity index (χ0n) is 11.0. The molecule has 0 aliphatic carbocycles. The van der Waals surface area contributed by atoms with E-state index >= 15 is 0 Å². The summed E-state index contributed by atoms with van der Waals surface area (Å²) < 4.78 is 20.7. The van der Waals surface area contributed by atoms with Crippen molar-refractivity contribution in [2.45, 2.75) is 32.9 Å². The Hall–Kier alpha value is -1.55. The van der Waals surface area contributed by atoms with Crippen molar-refractivity contribution in [3.63, 3.8) is 0 Å². The molecule has 102 valence electrons. The van der Waals surface area contributed by atoms with Gasteiger partial charge in [0.25, 0.3) is 0 Å². The van der Waals surface area contributed by atoms with Crippen LogP contribution >= 0.6 is 11.6 Å². The minimum atomic E-state index is -0.308. The van der Waals surface area contributed by atoms with Gasteiger partial charge in [0, 0.05) is 12.1 Å². The number of alkyl halides is 1. The maximum Gasteiger partial charge on any atom is 0.130 e. The molecule has 2 aromatic rings. The molecule has 2 rings (SSSR count). The number of ether oxygens (including phenoxy) is 1. The average molecular weight is 283 g/mol. The number of aromatic nitrogens is 2. The molecule has 1 heterocycles. The Morgan fingerprint density at radius 3 is 2.84 bits per heavy atom. The first-order valence-corrected chi connectivity index (χ1v) is 6.68. The molecule has 0 atom stereocenters. The summed E-state index contributed by atoms with van der Waals surface area (Å²) in [6, 6.07) is 6.35. The molecule has 1 aromatic carbocycles. The molecule has 1 aromatic heterocycles. The van der Waals surface area contributed by atoms with Crippen molar-refractivity contribution in [2.75, 3.05) is 0 Å². The standard InChI is InChI=1S/C14H16ClFN2O/c1-3-18-13(6-10(2)17-18)9-19-14-5-4-12(16)7-11(14)8-15/h4-7H,3,8-9H2,1-2H3. The molecule has 3 nitrogen and oxygen atoms in total. The maximum absolute atomic E-state index is 13.1. The number of aryl methyl sites for hydroxylation is 2. The van der Waals surface area contributed by atoms with Gasteiger partial charge in [-0.2, -0.15) is 5.10 Å². The maximum atomic E-state index is 13.1. The van der Waals surface area contributed by atoms with Crippen LogP contribution in [0, 0.1) is 12.7 Å². The van der Waals surface area contributed by atoms with Gasteiger partial charge in [-0.15, -0.1) is 11.6 Å². The van der Waals surface area contributed by atoms with E-state index in [0.29, 0.717) is 17.9 Å². The van der Waals surface area contributed by atoms with E-state index in [9.17, 15) is 4.39 Å². The van der Waals surface area contributed by atoms with Crippen molar-refractivity contribution in [3.8, 4) is 5.75 Å². The monoisotopic (exact) mass is 282 g/mol. The van der Waals surface area contributed by atoms with Crippen molar-refractivity contribution in [1.82, 2.24) is 9.78 Å². The normalized spacial score (nSPS) is 10.7. The summed E-state index contributed by atoms with van der Waals surface area (Å²) in [4.78, 5) is 0. The summed E-state index contributed by atoms with van der Waals surface area (Å²) in [7, 11) is 0. The zero-order chi connectivity index (χ0) is 13.8. The predicted molar refractivity (Wildman–Crippen MR) is 72.9 cm³/mol. The van der Waals surface area contributed by atoms with Crippen LogP contribution in [0.4, 0.5) is 4.39 Å². The fourth-order valence-corrected chi connectivity index (χ4v) is 2.14. The minimum Gasteiger partial charge on any atom is -0.487 e. The molecule has 0 spiro atoms. The number of halogens is 2. The molecule has 5 heteroatoms. The van der Waals surface area contributed by atoms with Crippen molar-refractivity contribution in [1.29, 1.82) is 0 Å². The Morgan fingerprint density at radius 2 is 2.16 bits per heavy atom. The molecule has 0 N–H and O–H groups in total. The summed E-state index contributed by atoms with van der Waals surface area (Å²) in [5, 5.41) is 4.35. The smallest absolute Gasteiger partial charge is 0.130 e. The van der Waals surface area contributed by atoms with Crippen LogP contribution in [-0.4, -0.2) is 9.78 Å². The topological polar surface area (TPSA) is 27.1 Å². The molecular formula is C14H16ClFN2O. The van der Waals surface area contributed by atoms with Crippen molar-refractivity contribution in [2.24, 2.45) is 0 Å². The molecule has 0 bridgehead atoms. The van der Waals surface area contributed by atoms with Crippen LogP contribution in [0.2, 0.25) is 0 Å². The minimum absolute atomic E-state index is 0.221. The van der Waals surface area contributed by atoms with E-state index < -0.39 is 0 Å². The lowest BCUT2D eigenvalue weighted by Crippen LogP contribution is -2.06. The Bertz CT molecular complexity index is 569. The van der Waals surface area contributed by atoms with Gasteiger partial charge in [0.15, 0.2) is 0 Å². The van der Waals surface area contributed by atoms with Gasteiger partial charge in [-0.25, -0.2) is 4.39 Å².